The number of aromatic nitrogens is 2. The molecule has 0 fully saturated rings. The van der Waals surface area contributed by atoms with Crippen LogP contribution in [0.5, 0.6) is 5.75 Å². The minimum atomic E-state index is -0.676. The van der Waals surface area contributed by atoms with E-state index in [1.165, 1.54) is 0 Å². The zero-order valence-electron chi connectivity index (χ0n) is 10.1. The Morgan fingerprint density at radius 1 is 1.22 bits per heavy atom. The Balaban J connectivity index is 2.01. The topological polar surface area (TPSA) is 67.3 Å². The lowest BCUT2D eigenvalue weighted by molar-refractivity contribution is 0.186. The van der Waals surface area contributed by atoms with E-state index in [1.807, 2.05) is 24.3 Å². The molecule has 0 amide bonds. The molecule has 0 aliphatic carbocycles. The first-order valence-electron chi connectivity index (χ1n) is 5.63. The number of hydrogen-bond donors (Lipinski definition) is 2. The molecule has 2 rings (SSSR count). The Labute approximate surface area is 105 Å². The van der Waals surface area contributed by atoms with Gasteiger partial charge in [-0.2, -0.15) is 0 Å². The van der Waals surface area contributed by atoms with Crippen LogP contribution in [0.2, 0.25) is 0 Å². The monoisotopic (exact) mass is 245 g/mol. The van der Waals surface area contributed by atoms with E-state index in [4.69, 9.17) is 4.74 Å². The van der Waals surface area contributed by atoms with Gasteiger partial charge in [-0.1, -0.05) is 18.2 Å². The normalized spacial score (nSPS) is 11.9. The predicted molar refractivity (Wildman–Crippen MR) is 68.5 cm³/mol. The number of ether oxygens (including phenoxy) is 1. The Morgan fingerprint density at radius 2 is 1.94 bits per heavy atom. The molecule has 0 saturated carbocycles. The van der Waals surface area contributed by atoms with Crippen LogP contribution in [0.25, 0.3) is 0 Å². The maximum Gasteiger partial charge on any atom is 0.222 e. The van der Waals surface area contributed by atoms with Crippen LogP contribution in [-0.2, 0) is 0 Å². The second-order valence-corrected chi connectivity index (χ2v) is 3.71. The molecule has 94 valence electrons. The van der Waals surface area contributed by atoms with Crippen LogP contribution in [0.4, 0.5) is 5.95 Å². The minimum Gasteiger partial charge on any atom is -0.496 e. The zero-order chi connectivity index (χ0) is 12.8. The number of aliphatic hydroxyl groups is 1. The van der Waals surface area contributed by atoms with Crippen LogP contribution in [0, 0.1) is 0 Å². The Kier molecular flexibility index (Phi) is 4.09. The van der Waals surface area contributed by atoms with Crippen molar-refractivity contribution in [3.8, 4) is 5.75 Å². The third kappa shape index (κ3) is 2.95. The first-order valence-corrected chi connectivity index (χ1v) is 5.63. The minimum absolute atomic E-state index is 0.324. The Bertz CT molecular complexity index is 491. The summed E-state index contributed by atoms with van der Waals surface area (Å²) in [7, 11) is 1.58. The number of nitrogens with one attached hydrogen (secondary N) is 1. The van der Waals surface area contributed by atoms with E-state index >= 15 is 0 Å². The number of para-hydroxylation sites is 1. The molecule has 0 radical (unpaired) electrons. The van der Waals surface area contributed by atoms with Gasteiger partial charge in [-0.25, -0.2) is 9.97 Å². The van der Waals surface area contributed by atoms with E-state index < -0.39 is 6.10 Å². The van der Waals surface area contributed by atoms with Crippen LogP contribution < -0.4 is 10.1 Å². The quantitative estimate of drug-likeness (QED) is 0.838. The van der Waals surface area contributed by atoms with Gasteiger partial charge in [0.1, 0.15) is 5.75 Å². The lowest BCUT2D eigenvalue weighted by atomic mass is 10.1. The van der Waals surface area contributed by atoms with E-state index in [-0.39, 0.29) is 0 Å². The first-order chi connectivity index (χ1) is 8.81. The summed E-state index contributed by atoms with van der Waals surface area (Å²) in [5, 5.41) is 13.1. The van der Waals surface area contributed by atoms with Gasteiger partial charge in [0.2, 0.25) is 5.95 Å². The van der Waals surface area contributed by atoms with Gasteiger partial charge in [-0.05, 0) is 12.1 Å². The SMILES string of the molecule is COc1ccccc1C(O)CNc1ncccn1. The molecule has 2 aromatic rings. The highest BCUT2D eigenvalue weighted by Gasteiger charge is 2.12. The van der Waals surface area contributed by atoms with Crippen LogP contribution in [0.1, 0.15) is 11.7 Å². The van der Waals surface area contributed by atoms with Crippen molar-refractivity contribution in [2.75, 3.05) is 19.0 Å². The number of nitrogens with zero attached hydrogens (tertiary/aromatic N) is 2. The van der Waals surface area contributed by atoms with Gasteiger partial charge in [0.05, 0.1) is 13.2 Å². The fraction of sp³-hybridized carbons (Fsp3) is 0.231. The van der Waals surface area contributed by atoms with Crippen LogP contribution >= 0.6 is 0 Å². The van der Waals surface area contributed by atoms with Crippen molar-refractivity contribution >= 4 is 5.95 Å². The van der Waals surface area contributed by atoms with Crippen LogP contribution in [0.3, 0.4) is 0 Å². The van der Waals surface area contributed by atoms with Gasteiger partial charge in [0.25, 0.3) is 0 Å². The van der Waals surface area contributed by atoms with Crippen molar-refractivity contribution in [1.82, 2.24) is 9.97 Å². The van der Waals surface area contributed by atoms with Gasteiger partial charge in [0.15, 0.2) is 0 Å². The van der Waals surface area contributed by atoms with E-state index in [0.29, 0.717) is 18.2 Å². The molecule has 1 aromatic carbocycles. The molecule has 0 aliphatic rings. The van der Waals surface area contributed by atoms with Crippen LogP contribution in [0.15, 0.2) is 42.7 Å². The van der Waals surface area contributed by atoms with Gasteiger partial charge < -0.3 is 15.2 Å². The van der Waals surface area contributed by atoms with Crippen molar-refractivity contribution in [2.24, 2.45) is 0 Å². The summed E-state index contributed by atoms with van der Waals surface area (Å²) in [5.41, 5.74) is 0.739. The Morgan fingerprint density at radius 3 is 2.67 bits per heavy atom. The molecule has 18 heavy (non-hydrogen) atoms. The molecule has 1 unspecified atom stereocenters. The van der Waals surface area contributed by atoms with E-state index in [0.717, 1.165) is 5.56 Å². The molecule has 2 N–H and O–H groups in total. The van der Waals surface area contributed by atoms with Crippen molar-refractivity contribution in [3.05, 3.63) is 48.3 Å². The molecular weight excluding hydrogens is 230 g/mol. The lowest BCUT2D eigenvalue weighted by Crippen LogP contribution is -2.14. The van der Waals surface area contributed by atoms with Crippen LogP contribution in [-0.4, -0.2) is 28.7 Å². The fourth-order valence-electron chi connectivity index (χ4n) is 1.63. The summed E-state index contributed by atoms with van der Waals surface area (Å²) in [6, 6.07) is 9.11. The lowest BCUT2D eigenvalue weighted by Gasteiger charge is -2.15. The number of aliphatic hydroxyl groups excluding tert-OH is 1. The maximum atomic E-state index is 10.1. The molecule has 0 aliphatic heterocycles. The number of rotatable bonds is 5. The highest BCUT2D eigenvalue weighted by Crippen LogP contribution is 2.24. The molecule has 1 atom stereocenters. The summed E-state index contributed by atoms with van der Waals surface area (Å²) in [6.07, 6.45) is 2.61. The standard InChI is InChI=1S/C13H15N3O2/c1-18-12-6-3-2-5-10(12)11(17)9-16-13-14-7-4-8-15-13/h2-8,11,17H,9H2,1H3,(H,14,15,16). The van der Waals surface area contributed by atoms with Gasteiger partial charge in [-0.15, -0.1) is 0 Å². The molecule has 1 aromatic heterocycles. The number of hydrogen-bond acceptors (Lipinski definition) is 5. The third-order valence-electron chi connectivity index (χ3n) is 2.52. The highest BCUT2D eigenvalue weighted by atomic mass is 16.5. The average Bonchev–Trinajstić information content (AvgIpc) is 2.45. The molecule has 0 spiro atoms. The van der Waals surface area contributed by atoms with E-state index in [9.17, 15) is 5.11 Å². The molecular formula is C13H15N3O2. The van der Waals surface area contributed by atoms with Crippen molar-refractivity contribution in [3.63, 3.8) is 0 Å². The van der Waals surface area contributed by atoms with Gasteiger partial charge in [-0.3, -0.25) is 0 Å². The van der Waals surface area contributed by atoms with Crippen molar-refractivity contribution in [2.45, 2.75) is 6.10 Å². The summed E-state index contributed by atoms with van der Waals surface area (Å²) in [6.45, 7) is 0.324. The average molecular weight is 245 g/mol. The second kappa shape index (κ2) is 5.97. The molecule has 0 saturated heterocycles. The predicted octanol–water partition coefficient (Wildman–Crippen LogP) is 1.63. The van der Waals surface area contributed by atoms with Crippen molar-refractivity contribution < 1.29 is 9.84 Å². The largest absolute Gasteiger partial charge is 0.496 e. The molecule has 5 heteroatoms. The number of anilines is 1. The Hall–Kier alpha value is -2.14. The summed E-state index contributed by atoms with van der Waals surface area (Å²) < 4.78 is 5.20. The molecule has 0 bridgehead atoms. The number of methoxy groups -OCH3 is 1. The maximum absolute atomic E-state index is 10.1. The summed E-state index contributed by atoms with van der Waals surface area (Å²) >= 11 is 0. The first kappa shape index (κ1) is 12.3. The smallest absolute Gasteiger partial charge is 0.222 e. The van der Waals surface area contributed by atoms with E-state index in [1.54, 1.807) is 25.6 Å². The molecule has 1 heterocycles. The molecule has 5 nitrogen and oxygen atoms in total. The summed E-state index contributed by atoms with van der Waals surface area (Å²) in [5.74, 6) is 1.16. The third-order valence-corrected chi connectivity index (χ3v) is 2.52. The zero-order valence-corrected chi connectivity index (χ0v) is 10.1. The van der Waals surface area contributed by atoms with E-state index in [2.05, 4.69) is 15.3 Å². The van der Waals surface area contributed by atoms with Gasteiger partial charge >= 0.3 is 0 Å². The highest BCUT2D eigenvalue weighted by molar-refractivity contribution is 5.36. The second-order valence-electron chi connectivity index (χ2n) is 3.71. The van der Waals surface area contributed by atoms with Crippen molar-refractivity contribution in [1.29, 1.82) is 0 Å². The number of benzene rings is 1. The summed E-state index contributed by atoms with van der Waals surface area (Å²) in [4.78, 5) is 8.04. The fourth-order valence-corrected chi connectivity index (χ4v) is 1.63. The van der Waals surface area contributed by atoms with Gasteiger partial charge in [0, 0.05) is 24.5 Å².